The molecule has 154 valence electrons. The van der Waals surface area contributed by atoms with Gasteiger partial charge >= 0.3 is 0 Å². The Labute approximate surface area is 170 Å². The lowest BCUT2D eigenvalue weighted by Gasteiger charge is -2.28. The number of carbonyl (C=O) groups is 1. The molecule has 1 amide bonds. The highest BCUT2D eigenvalue weighted by Gasteiger charge is 2.28. The van der Waals surface area contributed by atoms with E-state index in [9.17, 15) is 13.2 Å². The van der Waals surface area contributed by atoms with Gasteiger partial charge in [-0.15, -0.1) is 0 Å². The van der Waals surface area contributed by atoms with E-state index < -0.39 is 10.0 Å². The highest BCUT2D eigenvalue weighted by atomic mass is 32.2. The summed E-state index contributed by atoms with van der Waals surface area (Å²) in [4.78, 5) is 12.8. The molecule has 1 aliphatic heterocycles. The van der Waals surface area contributed by atoms with Gasteiger partial charge in [0.2, 0.25) is 22.7 Å². The number of nitrogens with one attached hydrogen (secondary N) is 1. The van der Waals surface area contributed by atoms with E-state index in [0.717, 1.165) is 29.1 Å². The summed E-state index contributed by atoms with van der Waals surface area (Å²) in [5.41, 5.74) is 2.73. The molecule has 1 atom stereocenters. The lowest BCUT2D eigenvalue weighted by atomic mass is 9.88. The van der Waals surface area contributed by atoms with Crippen LogP contribution in [0.3, 0.4) is 0 Å². The average molecular weight is 416 g/mol. The number of hydrogen-bond donors (Lipinski definition) is 1. The molecule has 4 rings (SSSR count). The predicted octanol–water partition coefficient (Wildman–Crippen LogP) is 2.77. The first-order valence-electron chi connectivity index (χ1n) is 9.75. The van der Waals surface area contributed by atoms with Gasteiger partial charge in [0.05, 0.1) is 17.5 Å². The zero-order valence-electron chi connectivity index (χ0n) is 16.3. The predicted molar refractivity (Wildman–Crippen MR) is 110 cm³/mol. The van der Waals surface area contributed by atoms with E-state index >= 15 is 0 Å². The molecule has 0 aromatic heterocycles. The van der Waals surface area contributed by atoms with Crippen molar-refractivity contribution in [3.8, 4) is 11.5 Å². The molecule has 29 heavy (non-hydrogen) atoms. The van der Waals surface area contributed by atoms with Crippen LogP contribution in [0.25, 0.3) is 0 Å². The Morgan fingerprint density at radius 2 is 1.97 bits per heavy atom. The number of benzene rings is 2. The Bertz CT molecular complexity index is 1020. The van der Waals surface area contributed by atoms with Gasteiger partial charge in [-0.1, -0.05) is 24.3 Å². The van der Waals surface area contributed by atoms with E-state index in [4.69, 9.17) is 9.47 Å². The van der Waals surface area contributed by atoms with E-state index in [1.165, 1.54) is 5.56 Å². The van der Waals surface area contributed by atoms with Crippen molar-refractivity contribution in [3.63, 3.8) is 0 Å². The lowest BCUT2D eigenvalue weighted by molar-refractivity contribution is -0.120. The van der Waals surface area contributed by atoms with E-state index in [-0.39, 0.29) is 31.0 Å². The van der Waals surface area contributed by atoms with Crippen molar-refractivity contribution in [2.45, 2.75) is 32.2 Å². The van der Waals surface area contributed by atoms with Crippen LogP contribution in [0.1, 0.15) is 36.9 Å². The van der Waals surface area contributed by atoms with Crippen LogP contribution >= 0.6 is 0 Å². The van der Waals surface area contributed by atoms with E-state index in [1.54, 1.807) is 25.1 Å². The van der Waals surface area contributed by atoms with Gasteiger partial charge in [-0.3, -0.25) is 9.10 Å². The summed E-state index contributed by atoms with van der Waals surface area (Å²) < 4.78 is 37.2. The van der Waals surface area contributed by atoms with Gasteiger partial charge in [-0.25, -0.2) is 8.42 Å². The summed E-state index contributed by atoms with van der Waals surface area (Å²) in [7, 11) is -3.65. The summed E-state index contributed by atoms with van der Waals surface area (Å²) in [5, 5.41) is 3.02. The van der Waals surface area contributed by atoms with Crippen LogP contribution in [-0.4, -0.2) is 33.4 Å². The van der Waals surface area contributed by atoms with Gasteiger partial charge in [0.1, 0.15) is 6.54 Å². The van der Waals surface area contributed by atoms with Crippen molar-refractivity contribution in [1.82, 2.24) is 5.32 Å². The third kappa shape index (κ3) is 4.03. The molecule has 0 unspecified atom stereocenters. The number of anilines is 1. The van der Waals surface area contributed by atoms with Crippen molar-refractivity contribution in [2.24, 2.45) is 0 Å². The maximum absolute atomic E-state index is 12.8. The molecule has 2 aromatic rings. The fourth-order valence-electron chi connectivity index (χ4n) is 3.82. The van der Waals surface area contributed by atoms with Gasteiger partial charge in [0, 0.05) is 6.07 Å². The normalized spacial score (nSPS) is 17.5. The first-order valence-corrected chi connectivity index (χ1v) is 11.4. The number of carbonyl (C=O) groups excluding carboxylic acids is 1. The molecule has 0 saturated carbocycles. The van der Waals surface area contributed by atoms with Gasteiger partial charge in [-0.2, -0.15) is 0 Å². The number of hydrogen-bond acceptors (Lipinski definition) is 5. The number of ether oxygens (including phenoxy) is 2. The molecular weight excluding hydrogens is 392 g/mol. The third-order valence-electron chi connectivity index (χ3n) is 5.34. The monoisotopic (exact) mass is 416 g/mol. The second-order valence-corrected chi connectivity index (χ2v) is 9.34. The topological polar surface area (TPSA) is 84.9 Å². The maximum Gasteiger partial charge on any atom is 0.241 e. The van der Waals surface area contributed by atoms with Crippen LogP contribution in [-0.2, 0) is 21.2 Å². The smallest absolute Gasteiger partial charge is 0.241 e. The summed E-state index contributed by atoms with van der Waals surface area (Å²) >= 11 is 0. The molecule has 1 heterocycles. The molecule has 8 heteroatoms. The Hall–Kier alpha value is -2.74. The van der Waals surface area contributed by atoms with E-state index in [1.807, 2.05) is 18.2 Å². The minimum Gasteiger partial charge on any atom is -0.454 e. The standard InChI is InChI=1S/C21H24N2O5S/c1-2-29(25,26)23(16-10-11-19-20(12-16)28-14-27-19)13-21(24)22-18-9-5-7-15-6-3-4-8-17(15)18/h3-4,6,8,10-12,18H,2,5,7,9,13-14H2,1H3,(H,22,24)/t18-/m0/s1. The van der Waals surface area contributed by atoms with E-state index in [0.29, 0.717) is 17.2 Å². The SMILES string of the molecule is CCS(=O)(=O)N(CC(=O)N[C@H]1CCCc2ccccc21)c1ccc2c(c1)OCO2. The molecule has 0 fully saturated rings. The summed E-state index contributed by atoms with van der Waals surface area (Å²) in [6.07, 6.45) is 2.82. The van der Waals surface area contributed by atoms with Gasteiger partial charge in [0.25, 0.3) is 0 Å². The summed E-state index contributed by atoms with van der Waals surface area (Å²) in [6, 6.07) is 12.8. The number of rotatable bonds is 6. The van der Waals surface area contributed by atoms with Gasteiger partial charge in [-0.05, 0) is 49.4 Å². The number of sulfonamides is 1. The highest BCUT2D eigenvalue weighted by Crippen LogP contribution is 2.36. The molecule has 0 saturated heterocycles. The molecule has 7 nitrogen and oxygen atoms in total. The fraction of sp³-hybridized carbons (Fsp3) is 0.381. The highest BCUT2D eigenvalue weighted by molar-refractivity contribution is 7.92. The average Bonchev–Trinajstić information content (AvgIpc) is 3.20. The Morgan fingerprint density at radius 1 is 1.17 bits per heavy atom. The molecule has 1 aliphatic carbocycles. The first-order chi connectivity index (χ1) is 14.0. The van der Waals surface area contributed by atoms with Crippen molar-refractivity contribution in [2.75, 3.05) is 23.4 Å². The summed E-state index contributed by atoms with van der Waals surface area (Å²) in [5.74, 6) is 0.591. The third-order valence-corrected chi connectivity index (χ3v) is 7.08. The minimum absolute atomic E-state index is 0.0981. The molecular formula is C21H24N2O5S. The molecule has 0 spiro atoms. The number of amides is 1. The largest absolute Gasteiger partial charge is 0.454 e. The van der Waals surface area contributed by atoms with Crippen LogP contribution in [0, 0.1) is 0 Å². The van der Waals surface area contributed by atoms with Crippen molar-refractivity contribution >= 4 is 21.6 Å². The Balaban J connectivity index is 1.55. The van der Waals surface area contributed by atoms with Crippen LogP contribution in [0.15, 0.2) is 42.5 Å². The number of fused-ring (bicyclic) bond motifs is 2. The van der Waals surface area contributed by atoms with E-state index in [2.05, 4.69) is 11.4 Å². The molecule has 2 aromatic carbocycles. The van der Waals surface area contributed by atoms with Crippen LogP contribution in [0.5, 0.6) is 11.5 Å². The van der Waals surface area contributed by atoms with Crippen molar-refractivity contribution in [1.29, 1.82) is 0 Å². The van der Waals surface area contributed by atoms with Gasteiger partial charge < -0.3 is 14.8 Å². The quantitative estimate of drug-likeness (QED) is 0.783. The van der Waals surface area contributed by atoms with Crippen LogP contribution < -0.4 is 19.1 Å². The number of aryl methyl sites for hydroxylation is 1. The van der Waals surface area contributed by atoms with Crippen molar-refractivity contribution in [3.05, 3.63) is 53.6 Å². The summed E-state index contributed by atoms with van der Waals surface area (Å²) in [6.45, 7) is 1.37. The van der Waals surface area contributed by atoms with Crippen LogP contribution in [0.2, 0.25) is 0 Å². The maximum atomic E-state index is 12.8. The fourth-order valence-corrected chi connectivity index (χ4v) is 4.88. The molecule has 1 N–H and O–H groups in total. The second kappa shape index (κ2) is 7.94. The van der Waals surface area contributed by atoms with Crippen LogP contribution in [0.4, 0.5) is 5.69 Å². The second-order valence-electron chi connectivity index (χ2n) is 7.16. The zero-order valence-corrected chi connectivity index (χ0v) is 17.1. The number of nitrogens with zero attached hydrogens (tertiary/aromatic N) is 1. The van der Waals surface area contributed by atoms with Crippen molar-refractivity contribution < 1.29 is 22.7 Å². The lowest BCUT2D eigenvalue weighted by Crippen LogP contribution is -2.43. The first kappa shape index (κ1) is 19.6. The Morgan fingerprint density at radius 3 is 2.79 bits per heavy atom. The molecule has 0 radical (unpaired) electrons. The minimum atomic E-state index is -3.65. The Kier molecular flexibility index (Phi) is 5.36. The molecule has 2 aliphatic rings. The zero-order chi connectivity index (χ0) is 20.4. The molecule has 0 bridgehead atoms. The van der Waals surface area contributed by atoms with Gasteiger partial charge in [0.15, 0.2) is 11.5 Å².